The van der Waals surface area contributed by atoms with Gasteiger partial charge in [0.15, 0.2) is 5.13 Å². The average Bonchev–Trinajstić information content (AvgIpc) is 2.70. The zero-order valence-electron chi connectivity index (χ0n) is 7.91. The van der Waals surface area contributed by atoms with Crippen molar-refractivity contribution < 1.29 is 13.6 Å². The number of halogens is 2. The maximum atomic E-state index is 13.2. The maximum Gasteiger partial charge on any atom is 0.260 e. The highest BCUT2D eigenvalue weighted by atomic mass is 32.1. The smallest absolute Gasteiger partial charge is 0.260 e. The number of anilines is 1. The molecule has 0 aliphatic heterocycles. The third-order valence-electron chi connectivity index (χ3n) is 1.83. The van der Waals surface area contributed by atoms with Crippen LogP contribution in [0.15, 0.2) is 29.8 Å². The van der Waals surface area contributed by atoms with E-state index in [0.717, 1.165) is 12.1 Å². The van der Waals surface area contributed by atoms with Gasteiger partial charge in [0.1, 0.15) is 11.6 Å². The van der Waals surface area contributed by atoms with E-state index in [2.05, 4.69) is 10.3 Å². The Morgan fingerprint density at radius 1 is 1.38 bits per heavy atom. The number of amides is 1. The van der Waals surface area contributed by atoms with Crippen LogP contribution in [0.5, 0.6) is 0 Å². The van der Waals surface area contributed by atoms with E-state index >= 15 is 0 Å². The lowest BCUT2D eigenvalue weighted by Gasteiger charge is -2.02. The highest BCUT2D eigenvalue weighted by Gasteiger charge is 2.13. The first-order valence-electron chi connectivity index (χ1n) is 4.33. The van der Waals surface area contributed by atoms with Gasteiger partial charge in [0.2, 0.25) is 0 Å². The van der Waals surface area contributed by atoms with Crippen molar-refractivity contribution in [1.29, 1.82) is 0 Å². The van der Waals surface area contributed by atoms with E-state index in [1.54, 1.807) is 5.38 Å². The second-order valence-electron chi connectivity index (χ2n) is 2.92. The van der Waals surface area contributed by atoms with Gasteiger partial charge in [-0.15, -0.1) is 11.3 Å². The van der Waals surface area contributed by atoms with Crippen LogP contribution in [0.25, 0.3) is 0 Å². The number of nitrogens with zero attached hydrogens (tertiary/aromatic N) is 1. The lowest BCUT2D eigenvalue weighted by molar-refractivity contribution is 0.102. The van der Waals surface area contributed by atoms with E-state index in [1.165, 1.54) is 17.5 Å². The zero-order chi connectivity index (χ0) is 11.5. The van der Waals surface area contributed by atoms with Crippen LogP contribution in [0.3, 0.4) is 0 Å². The van der Waals surface area contributed by atoms with Gasteiger partial charge < -0.3 is 0 Å². The van der Waals surface area contributed by atoms with Gasteiger partial charge in [-0.05, 0) is 12.1 Å². The molecule has 0 saturated heterocycles. The summed E-state index contributed by atoms with van der Waals surface area (Å²) in [4.78, 5) is 15.4. The van der Waals surface area contributed by atoms with Crippen LogP contribution in [-0.2, 0) is 0 Å². The van der Waals surface area contributed by atoms with Crippen LogP contribution in [0.2, 0.25) is 0 Å². The monoisotopic (exact) mass is 240 g/mol. The summed E-state index contributed by atoms with van der Waals surface area (Å²) in [6, 6.07) is 2.78. The second kappa shape index (κ2) is 4.36. The number of nitrogens with one attached hydrogen (secondary N) is 1. The summed E-state index contributed by atoms with van der Waals surface area (Å²) < 4.78 is 25.8. The Balaban J connectivity index is 2.21. The number of carbonyl (C=O) groups is 1. The van der Waals surface area contributed by atoms with Crippen LogP contribution >= 0.6 is 11.3 Å². The van der Waals surface area contributed by atoms with Gasteiger partial charge in [-0.2, -0.15) is 0 Å². The van der Waals surface area contributed by atoms with E-state index in [9.17, 15) is 13.6 Å². The third kappa shape index (κ3) is 2.22. The molecule has 2 aromatic rings. The van der Waals surface area contributed by atoms with E-state index in [4.69, 9.17) is 0 Å². The topological polar surface area (TPSA) is 42.0 Å². The summed E-state index contributed by atoms with van der Waals surface area (Å²) in [5.74, 6) is -2.26. The van der Waals surface area contributed by atoms with Gasteiger partial charge in [0.25, 0.3) is 5.91 Å². The third-order valence-corrected chi connectivity index (χ3v) is 2.52. The van der Waals surface area contributed by atoms with Gasteiger partial charge >= 0.3 is 0 Å². The Bertz CT molecular complexity index is 514. The average molecular weight is 240 g/mol. The Morgan fingerprint density at radius 3 is 2.81 bits per heavy atom. The van der Waals surface area contributed by atoms with Crippen LogP contribution < -0.4 is 5.32 Å². The first-order valence-corrected chi connectivity index (χ1v) is 5.20. The molecule has 0 bridgehead atoms. The number of hydrogen-bond donors (Lipinski definition) is 1. The number of aromatic nitrogens is 1. The fourth-order valence-corrected chi connectivity index (χ4v) is 1.65. The minimum Gasteiger partial charge on any atom is -0.298 e. The molecule has 2 rings (SSSR count). The second-order valence-corrected chi connectivity index (χ2v) is 3.81. The fourth-order valence-electron chi connectivity index (χ4n) is 1.12. The Hall–Kier alpha value is -1.82. The van der Waals surface area contributed by atoms with Crippen molar-refractivity contribution >= 4 is 22.4 Å². The molecule has 3 nitrogen and oxygen atoms in total. The summed E-state index contributed by atoms with van der Waals surface area (Å²) in [6.45, 7) is 0. The molecular weight excluding hydrogens is 234 g/mol. The van der Waals surface area contributed by atoms with Gasteiger partial charge in [-0.3, -0.25) is 10.1 Å². The molecule has 1 amide bonds. The Labute approximate surface area is 93.8 Å². The van der Waals surface area contributed by atoms with Crippen LogP contribution in [0, 0.1) is 11.6 Å². The van der Waals surface area contributed by atoms with E-state index < -0.39 is 17.5 Å². The summed E-state index contributed by atoms with van der Waals surface area (Å²) in [5.41, 5.74) is -0.211. The van der Waals surface area contributed by atoms with Crippen molar-refractivity contribution in [3.63, 3.8) is 0 Å². The lowest BCUT2D eigenvalue weighted by atomic mass is 10.2. The number of rotatable bonds is 2. The molecule has 0 atom stereocenters. The van der Waals surface area contributed by atoms with E-state index in [0.29, 0.717) is 11.2 Å². The molecule has 16 heavy (non-hydrogen) atoms. The highest BCUT2D eigenvalue weighted by Crippen LogP contribution is 2.14. The van der Waals surface area contributed by atoms with Crippen LogP contribution in [0.1, 0.15) is 10.4 Å². The predicted molar refractivity (Wildman–Crippen MR) is 56.4 cm³/mol. The number of hydrogen-bond acceptors (Lipinski definition) is 3. The number of benzene rings is 1. The highest BCUT2D eigenvalue weighted by molar-refractivity contribution is 7.13. The Kier molecular flexibility index (Phi) is 2.91. The normalized spacial score (nSPS) is 10.1. The summed E-state index contributed by atoms with van der Waals surface area (Å²) in [7, 11) is 0. The molecular formula is C10H6F2N2OS. The first kappa shape index (κ1) is 10.7. The molecule has 1 aromatic carbocycles. The summed E-state index contributed by atoms with van der Waals surface area (Å²) in [5, 5.41) is 4.45. The molecule has 0 aliphatic rings. The van der Waals surface area contributed by atoms with Crippen molar-refractivity contribution in [2.24, 2.45) is 0 Å². The van der Waals surface area contributed by atoms with Crippen molar-refractivity contribution in [2.75, 3.05) is 5.32 Å². The molecule has 0 fully saturated rings. The van der Waals surface area contributed by atoms with Crippen molar-refractivity contribution in [3.8, 4) is 0 Å². The van der Waals surface area contributed by atoms with Gasteiger partial charge in [0, 0.05) is 17.6 Å². The molecule has 1 N–H and O–H groups in total. The molecule has 0 saturated carbocycles. The quantitative estimate of drug-likeness (QED) is 0.876. The van der Waals surface area contributed by atoms with E-state index in [-0.39, 0.29) is 5.56 Å². The maximum absolute atomic E-state index is 13.2. The molecule has 0 unspecified atom stereocenters. The minimum absolute atomic E-state index is 0.211. The molecule has 82 valence electrons. The summed E-state index contributed by atoms with van der Waals surface area (Å²) >= 11 is 1.22. The SMILES string of the molecule is O=C(Nc1nccs1)c1ccc(F)cc1F. The molecule has 0 radical (unpaired) electrons. The van der Waals surface area contributed by atoms with Gasteiger partial charge in [0.05, 0.1) is 5.56 Å². The fraction of sp³-hybridized carbons (Fsp3) is 0. The molecule has 1 aromatic heterocycles. The van der Waals surface area contributed by atoms with Crippen molar-refractivity contribution in [1.82, 2.24) is 4.98 Å². The molecule has 6 heteroatoms. The van der Waals surface area contributed by atoms with Crippen molar-refractivity contribution in [2.45, 2.75) is 0 Å². The largest absolute Gasteiger partial charge is 0.298 e. The predicted octanol–water partition coefficient (Wildman–Crippen LogP) is 2.67. The van der Waals surface area contributed by atoms with Crippen LogP contribution in [0.4, 0.5) is 13.9 Å². The number of thiazole rings is 1. The zero-order valence-corrected chi connectivity index (χ0v) is 8.72. The van der Waals surface area contributed by atoms with Crippen LogP contribution in [-0.4, -0.2) is 10.9 Å². The first-order chi connectivity index (χ1) is 7.66. The lowest BCUT2D eigenvalue weighted by Crippen LogP contribution is -2.13. The number of carbonyl (C=O) groups excluding carboxylic acids is 1. The Morgan fingerprint density at radius 2 is 2.19 bits per heavy atom. The molecule has 1 heterocycles. The summed E-state index contributed by atoms with van der Waals surface area (Å²) in [6.07, 6.45) is 1.52. The molecule has 0 spiro atoms. The standard InChI is InChI=1S/C10H6F2N2OS/c11-6-1-2-7(8(12)5-6)9(15)14-10-13-3-4-16-10/h1-5H,(H,13,14,15). The van der Waals surface area contributed by atoms with Gasteiger partial charge in [-0.1, -0.05) is 0 Å². The van der Waals surface area contributed by atoms with E-state index in [1.807, 2.05) is 0 Å². The molecule has 0 aliphatic carbocycles. The minimum atomic E-state index is -0.894. The van der Waals surface area contributed by atoms with Gasteiger partial charge in [-0.25, -0.2) is 13.8 Å². The van der Waals surface area contributed by atoms with Crippen molar-refractivity contribution in [3.05, 3.63) is 47.0 Å².